The molecule has 100 valence electrons. The van der Waals surface area contributed by atoms with Gasteiger partial charge in [-0.1, -0.05) is 18.2 Å². The van der Waals surface area contributed by atoms with E-state index in [9.17, 15) is 0 Å². The highest BCUT2D eigenvalue weighted by Crippen LogP contribution is 2.27. The van der Waals surface area contributed by atoms with E-state index in [2.05, 4.69) is 15.3 Å². The first-order valence-electron chi connectivity index (χ1n) is 6.00. The molecule has 0 aliphatic heterocycles. The average molecular weight is 258 g/mol. The van der Waals surface area contributed by atoms with Gasteiger partial charge in [0, 0.05) is 19.8 Å². The minimum Gasteiger partial charge on any atom is -0.495 e. The molecule has 19 heavy (non-hydrogen) atoms. The van der Waals surface area contributed by atoms with E-state index in [1.54, 1.807) is 13.3 Å². The van der Waals surface area contributed by atoms with Gasteiger partial charge < -0.3 is 15.1 Å². The van der Waals surface area contributed by atoms with Gasteiger partial charge in [-0.2, -0.15) is 0 Å². The Balaban J connectivity index is 2.13. The maximum absolute atomic E-state index is 5.36. The monoisotopic (exact) mass is 258 g/mol. The van der Waals surface area contributed by atoms with Crippen LogP contribution in [-0.2, 0) is 6.54 Å². The number of methoxy groups -OCH3 is 1. The molecule has 0 radical (unpaired) electrons. The number of hydrogen-bond donors (Lipinski definition) is 2. The van der Waals surface area contributed by atoms with Gasteiger partial charge in [0.15, 0.2) is 0 Å². The number of hydrogen-bond acceptors (Lipinski definition) is 5. The van der Waals surface area contributed by atoms with E-state index in [-0.39, 0.29) is 0 Å². The highest BCUT2D eigenvalue weighted by atomic mass is 16.5. The van der Waals surface area contributed by atoms with Crippen LogP contribution in [0.15, 0.2) is 42.6 Å². The fraction of sp³-hybridized carbons (Fsp3) is 0.214. The molecule has 0 saturated carbocycles. The lowest BCUT2D eigenvalue weighted by Gasteiger charge is -2.21. The van der Waals surface area contributed by atoms with Gasteiger partial charge in [-0.05, 0) is 23.8 Å². The molecule has 0 spiro atoms. The normalized spacial score (nSPS) is 10.1. The van der Waals surface area contributed by atoms with Crippen LogP contribution in [0.1, 0.15) is 5.56 Å². The van der Waals surface area contributed by atoms with E-state index < -0.39 is 0 Å². The van der Waals surface area contributed by atoms with Gasteiger partial charge in [-0.25, -0.2) is 10.8 Å². The third-order valence-corrected chi connectivity index (χ3v) is 2.89. The van der Waals surface area contributed by atoms with Crippen LogP contribution in [0.4, 0.5) is 11.5 Å². The molecule has 5 heteroatoms. The Morgan fingerprint density at radius 2 is 2.05 bits per heavy atom. The van der Waals surface area contributed by atoms with Crippen molar-refractivity contribution in [1.82, 2.24) is 4.98 Å². The second-order valence-corrected chi connectivity index (χ2v) is 4.22. The number of benzene rings is 1. The molecular weight excluding hydrogens is 240 g/mol. The topological polar surface area (TPSA) is 63.4 Å². The van der Waals surface area contributed by atoms with Crippen molar-refractivity contribution in [2.24, 2.45) is 5.84 Å². The Kier molecular flexibility index (Phi) is 4.20. The van der Waals surface area contributed by atoms with E-state index in [1.807, 2.05) is 43.4 Å². The van der Waals surface area contributed by atoms with Gasteiger partial charge >= 0.3 is 0 Å². The lowest BCUT2D eigenvalue weighted by molar-refractivity contribution is 0.415. The van der Waals surface area contributed by atoms with E-state index >= 15 is 0 Å². The molecular formula is C14H18N4O. The van der Waals surface area contributed by atoms with Crippen molar-refractivity contribution >= 4 is 11.5 Å². The number of hydrazine groups is 1. The molecule has 2 rings (SSSR count). The summed E-state index contributed by atoms with van der Waals surface area (Å²) in [5.74, 6) is 6.81. The van der Waals surface area contributed by atoms with E-state index in [0.717, 1.165) is 23.5 Å². The summed E-state index contributed by atoms with van der Waals surface area (Å²) >= 11 is 0. The number of nitrogens with one attached hydrogen (secondary N) is 1. The number of ether oxygens (including phenoxy) is 1. The van der Waals surface area contributed by atoms with Gasteiger partial charge in [-0.3, -0.25) is 0 Å². The number of pyridine rings is 1. The summed E-state index contributed by atoms with van der Waals surface area (Å²) in [5.41, 5.74) is 4.66. The molecule has 3 N–H and O–H groups in total. The largest absolute Gasteiger partial charge is 0.495 e. The Morgan fingerprint density at radius 3 is 2.68 bits per heavy atom. The molecule has 0 bridgehead atoms. The van der Waals surface area contributed by atoms with Gasteiger partial charge in [0.1, 0.15) is 11.6 Å². The minimum atomic E-state index is 0.656. The van der Waals surface area contributed by atoms with Crippen molar-refractivity contribution in [2.45, 2.75) is 6.54 Å². The lowest BCUT2D eigenvalue weighted by atomic mass is 10.2. The van der Waals surface area contributed by atoms with Gasteiger partial charge in [0.05, 0.1) is 12.8 Å². The highest BCUT2D eigenvalue weighted by molar-refractivity contribution is 5.58. The van der Waals surface area contributed by atoms with Crippen LogP contribution in [0.5, 0.6) is 5.75 Å². The Morgan fingerprint density at radius 1 is 1.26 bits per heavy atom. The maximum atomic E-state index is 5.36. The molecule has 0 aliphatic carbocycles. The smallest absolute Gasteiger partial charge is 0.142 e. The molecule has 0 atom stereocenters. The van der Waals surface area contributed by atoms with Crippen LogP contribution in [0.25, 0.3) is 0 Å². The molecule has 0 aliphatic rings. The molecule has 5 nitrogen and oxygen atoms in total. The number of para-hydroxylation sites is 2. The van der Waals surface area contributed by atoms with Crippen LogP contribution in [0.3, 0.4) is 0 Å². The minimum absolute atomic E-state index is 0.656. The molecule has 0 fully saturated rings. The molecule has 2 aromatic rings. The first-order chi connectivity index (χ1) is 9.24. The fourth-order valence-electron chi connectivity index (χ4n) is 1.91. The van der Waals surface area contributed by atoms with Crippen molar-refractivity contribution in [3.8, 4) is 5.75 Å². The lowest BCUT2D eigenvalue weighted by Crippen LogP contribution is -2.17. The van der Waals surface area contributed by atoms with Crippen molar-refractivity contribution in [3.63, 3.8) is 0 Å². The molecule has 0 saturated heterocycles. The number of anilines is 2. The summed E-state index contributed by atoms with van der Waals surface area (Å²) < 4.78 is 5.36. The first-order valence-corrected chi connectivity index (χ1v) is 6.00. The summed E-state index contributed by atoms with van der Waals surface area (Å²) in [6.45, 7) is 0.748. The predicted octanol–water partition coefficient (Wildman–Crippen LogP) is 2.01. The third kappa shape index (κ3) is 3.14. The molecule has 1 heterocycles. The first kappa shape index (κ1) is 13.2. The number of nitrogens with two attached hydrogens (primary N) is 1. The Labute approximate surface area is 113 Å². The SMILES string of the molecule is COc1ccccc1N(C)Cc1ccc(NN)nc1. The second kappa shape index (κ2) is 6.06. The van der Waals surface area contributed by atoms with E-state index in [4.69, 9.17) is 10.6 Å². The van der Waals surface area contributed by atoms with Crippen LogP contribution >= 0.6 is 0 Å². The summed E-state index contributed by atoms with van der Waals surface area (Å²) in [7, 11) is 3.70. The van der Waals surface area contributed by atoms with Crippen molar-refractivity contribution in [3.05, 3.63) is 48.2 Å². The van der Waals surface area contributed by atoms with Crippen LogP contribution in [-0.4, -0.2) is 19.1 Å². The highest BCUT2D eigenvalue weighted by Gasteiger charge is 2.07. The van der Waals surface area contributed by atoms with E-state index in [0.29, 0.717) is 5.82 Å². The number of aromatic nitrogens is 1. The zero-order valence-electron chi connectivity index (χ0n) is 11.1. The third-order valence-electron chi connectivity index (χ3n) is 2.89. The van der Waals surface area contributed by atoms with Gasteiger partial charge in [0.2, 0.25) is 0 Å². The van der Waals surface area contributed by atoms with Gasteiger partial charge in [-0.15, -0.1) is 0 Å². The average Bonchev–Trinajstić information content (AvgIpc) is 2.48. The van der Waals surface area contributed by atoms with Crippen LogP contribution < -0.4 is 20.9 Å². The standard InChI is InChI=1S/C14H18N4O/c1-18(12-5-3-4-6-13(12)19-2)10-11-7-8-14(17-15)16-9-11/h3-9H,10,15H2,1-2H3,(H,16,17). The summed E-state index contributed by atoms with van der Waals surface area (Å²) in [6.07, 6.45) is 1.81. The number of nitrogens with zero attached hydrogens (tertiary/aromatic N) is 2. The molecule has 0 amide bonds. The summed E-state index contributed by atoms with van der Waals surface area (Å²) in [6, 6.07) is 11.8. The fourth-order valence-corrected chi connectivity index (χ4v) is 1.91. The zero-order chi connectivity index (χ0) is 13.7. The molecule has 1 aromatic carbocycles. The van der Waals surface area contributed by atoms with Crippen molar-refractivity contribution in [2.75, 3.05) is 24.5 Å². The van der Waals surface area contributed by atoms with Crippen LogP contribution in [0, 0.1) is 0 Å². The Hall–Kier alpha value is -2.27. The summed E-state index contributed by atoms with van der Waals surface area (Å²) in [4.78, 5) is 6.31. The van der Waals surface area contributed by atoms with Gasteiger partial charge in [0.25, 0.3) is 0 Å². The maximum Gasteiger partial charge on any atom is 0.142 e. The second-order valence-electron chi connectivity index (χ2n) is 4.22. The van der Waals surface area contributed by atoms with E-state index in [1.165, 1.54) is 0 Å². The van der Waals surface area contributed by atoms with Crippen molar-refractivity contribution in [1.29, 1.82) is 0 Å². The van der Waals surface area contributed by atoms with Crippen molar-refractivity contribution < 1.29 is 4.74 Å². The zero-order valence-corrected chi connectivity index (χ0v) is 11.1. The molecule has 0 unspecified atom stereocenters. The summed E-state index contributed by atoms with van der Waals surface area (Å²) in [5, 5.41) is 0. The number of rotatable bonds is 5. The predicted molar refractivity (Wildman–Crippen MR) is 77.1 cm³/mol. The van der Waals surface area contributed by atoms with Crippen LogP contribution in [0.2, 0.25) is 0 Å². The Bertz CT molecular complexity index is 527. The molecule has 1 aromatic heterocycles. The quantitative estimate of drug-likeness (QED) is 0.634. The number of nitrogen functional groups attached to an aromatic ring is 1.